The van der Waals surface area contributed by atoms with E-state index in [1.54, 1.807) is 4.90 Å². The lowest BCUT2D eigenvalue weighted by Crippen LogP contribution is -2.32. The van der Waals surface area contributed by atoms with Gasteiger partial charge in [0.1, 0.15) is 11.6 Å². The summed E-state index contributed by atoms with van der Waals surface area (Å²) in [5, 5.41) is 0.0752. The standard InChI is InChI=1S/C18H18ClFN2O4S/c19-16-11-15(27(24,25)21-14-5-3-13(20)4-6-14)7-8-17(16)26-12-18(23)22-9-1-2-10-22/h3-8,11,21H,1-2,9-10,12H2. The molecule has 0 bridgehead atoms. The number of nitrogens with one attached hydrogen (secondary N) is 1. The molecular formula is C18H18ClFN2O4S. The summed E-state index contributed by atoms with van der Waals surface area (Å²) in [7, 11) is -3.90. The highest BCUT2D eigenvalue weighted by molar-refractivity contribution is 7.92. The zero-order chi connectivity index (χ0) is 19.4. The van der Waals surface area contributed by atoms with E-state index >= 15 is 0 Å². The van der Waals surface area contributed by atoms with E-state index in [0.717, 1.165) is 38.1 Å². The molecule has 9 heteroatoms. The molecule has 1 aliphatic rings. The van der Waals surface area contributed by atoms with E-state index in [4.69, 9.17) is 16.3 Å². The Kier molecular flexibility index (Phi) is 5.86. The number of sulfonamides is 1. The van der Waals surface area contributed by atoms with E-state index < -0.39 is 15.8 Å². The zero-order valence-electron chi connectivity index (χ0n) is 14.3. The molecule has 0 spiro atoms. The Morgan fingerprint density at radius 3 is 2.44 bits per heavy atom. The first kappa shape index (κ1) is 19.4. The van der Waals surface area contributed by atoms with E-state index in [1.807, 2.05) is 0 Å². The number of benzene rings is 2. The molecule has 1 amide bonds. The molecule has 6 nitrogen and oxygen atoms in total. The van der Waals surface area contributed by atoms with Gasteiger partial charge >= 0.3 is 0 Å². The van der Waals surface area contributed by atoms with Crippen molar-refractivity contribution in [2.75, 3.05) is 24.4 Å². The summed E-state index contributed by atoms with van der Waals surface area (Å²) in [6, 6.07) is 8.90. The van der Waals surface area contributed by atoms with Crippen molar-refractivity contribution in [1.82, 2.24) is 4.90 Å². The fraction of sp³-hybridized carbons (Fsp3) is 0.278. The largest absolute Gasteiger partial charge is 0.482 e. The fourth-order valence-corrected chi connectivity index (χ4v) is 4.08. The Labute approximate surface area is 161 Å². The van der Waals surface area contributed by atoms with Gasteiger partial charge in [-0.15, -0.1) is 0 Å². The minimum Gasteiger partial charge on any atom is -0.482 e. The Morgan fingerprint density at radius 1 is 1.15 bits per heavy atom. The number of rotatable bonds is 6. The highest BCUT2D eigenvalue weighted by Gasteiger charge is 2.20. The highest BCUT2D eigenvalue weighted by atomic mass is 35.5. The molecule has 3 rings (SSSR count). The monoisotopic (exact) mass is 412 g/mol. The Morgan fingerprint density at radius 2 is 1.81 bits per heavy atom. The molecule has 1 aliphatic heterocycles. The summed E-state index contributed by atoms with van der Waals surface area (Å²) in [5.41, 5.74) is 0.226. The zero-order valence-corrected chi connectivity index (χ0v) is 15.9. The average molecular weight is 413 g/mol. The fourth-order valence-electron chi connectivity index (χ4n) is 2.70. The van der Waals surface area contributed by atoms with Crippen LogP contribution < -0.4 is 9.46 Å². The number of hydrogen-bond acceptors (Lipinski definition) is 4. The molecule has 1 heterocycles. The van der Waals surface area contributed by atoms with Crippen molar-refractivity contribution < 1.29 is 22.3 Å². The third kappa shape index (κ3) is 4.90. The van der Waals surface area contributed by atoms with Crippen LogP contribution in [0.25, 0.3) is 0 Å². The molecule has 0 saturated carbocycles. The van der Waals surface area contributed by atoms with Crippen LogP contribution in [0.15, 0.2) is 47.4 Å². The van der Waals surface area contributed by atoms with Gasteiger partial charge in [-0.2, -0.15) is 0 Å². The van der Waals surface area contributed by atoms with E-state index in [-0.39, 0.29) is 33.9 Å². The van der Waals surface area contributed by atoms with E-state index in [0.29, 0.717) is 0 Å². The summed E-state index contributed by atoms with van der Waals surface area (Å²) in [6.07, 6.45) is 1.97. The number of halogens is 2. The van der Waals surface area contributed by atoms with Gasteiger partial charge in [0.15, 0.2) is 6.61 Å². The molecule has 1 saturated heterocycles. The number of carbonyl (C=O) groups is 1. The number of ether oxygens (including phenoxy) is 1. The van der Waals surface area contributed by atoms with E-state index in [1.165, 1.54) is 30.3 Å². The lowest BCUT2D eigenvalue weighted by molar-refractivity contribution is -0.132. The molecule has 144 valence electrons. The third-order valence-corrected chi connectivity index (χ3v) is 5.79. The van der Waals surface area contributed by atoms with Crippen molar-refractivity contribution in [2.45, 2.75) is 17.7 Å². The Bertz CT molecular complexity index is 929. The number of nitrogens with zero attached hydrogens (tertiary/aromatic N) is 1. The predicted octanol–water partition coefficient (Wildman–Crippen LogP) is 3.28. The SMILES string of the molecule is O=C(COc1ccc(S(=O)(=O)Nc2ccc(F)cc2)cc1Cl)N1CCCC1. The maximum Gasteiger partial charge on any atom is 0.261 e. The van der Waals surface area contributed by atoms with Gasteiger partial charge in [-0.1, -0.05) is 11.6 Å². The molecule has 2 aromatic rings. The molecule has 0 radical (unpaired) electrons. The lowest BCUT2D eigenvalue weighted by atomic mass is 10.3. The molecular weight excluding hydrogens is 395 g/mol. The second-order valence-electron chi connectivity index (χ2n) is 6.08. The third-order valence-electron chi connectivity index (χ3n) is 4.12. The number of carbonyl (C=O) groups excluding carboxylic acids is 1. The quantitative estimate of drug-likeness (QED) is 0.790. The highest BCUT2D eigenvalue weighted by Crippen LogP contribution is 2.28. The maximum absolute atomic E-state index is 12.9. The number of anilines is 1. The van der Waals surface area contributed by atoms with Gasteiger partial charge in [-0.05, 0) is 55.3 Å². The second kappa shape index (κ2) is 8.14. The van der Waals surface area contributed by atoms with Gasteiger partial charge in [0.05, 0.1) is 9.92 Å². The minimum absolute atomic E-state index is 0.0740. The summed E-state index contributed by atoms with van der Waals surface area (Å²) in [5.74, 6) is -0.367. The molecule has 0 aromatic heterocycles. The molecule has 0 atom stereocenters. The van der Waals surface area contributed by atoms with Gasteiger partial charge in [-0.3, -0.25) is 9.52 Å². The van der Waals surface area contributed by atoms with E-state index in [2.05, 4.69) is 4.72 Å². The van der Waals surface area contributed by atoms with Crippen molar-refractivity contribution >= 4 is 33.2 Å². The normalized spacial score (nSPS) is 14.2. The van der Waals surface area contributed by atoms with Crippen LogP contribution in [0, 0.1) is 5.82 Å². The lowest BCUT2D eigenvalue weighted by Gasteiger charge is -2.16. The van der Waals surface area contributed by atoms with Gasteiger partial charge in [0, 0.05) is 18.8 Å². The summed E-state index contributed by atoms with van der Waals surface area (Å²) in [4.78, 5) is 13.7. The van der Waals surface area contributed by atoms with Gasteiger partial charge < -0.3 is 9.64 Å². The van der Waals surface area contributed by atoms with Gasteiger partial charge in [0.2, 0.25) is 0 Å². The average Bonchev–Trinajstić information content (AvgIpc) is 3.17. The number of hydrogen-bond donors (Lipinski definition) is 1. The van der Waals surface area contributed by atoms with Crippen LogP contribution in [0.5, 0.6) is 5.75 Å². The van der Waals surface area contributed by atoms with Crippen molar-refractivity contribution in [3.8, 4) is 5.75 Å². The van der Waals surface area contributed by atoms with Crippen LogP contribution in [0.2, 0.25) is 5.02 Å². The second-order valence-corrected chi connectivity index (χ2v) is 8.17. The summed E-state index contributed by atoms with van der Waals surface area (Å²) < 4.78 is 45.6. The van der Waals surface area contributed by atoms with Gasteiger partial charge in [0.25, 0.3) is 15.9 Å². The first-order chi connectivity index (χ1) is 12.8. The van der Waals surface area contributed by atoms with Crippen LogP contribution in [0.3, 0.4) is 0 Å². The first-order valence-corrected chi connectivity index (χ1v) is 10.2. The maximum atomic E-state index is 12.9. The predicted molar refractivity (Wildman–Crippen MR) is 100.0 cm³/mol. The number of amides is 1. The topological polar surface area (TPSA) is 75.7 Å². The van der Waals surface area contributed by atoms with Crippen LogP contribution in [-0.2, 0) is 14.8 Å². The number of likely N-dealkylation sites (tertiary alicyclic amines) is 1. The Balaban J connectivity index is 1.67. The summed E-state index contributed by atoms with van der Waals surface area (Å²) in [6.45, 7) is 1.30. The van der Waals surface area contributed by atoms with Crippen LogP contribution >= 0.6 is 11.6 Å². The molecule has 27 heavy (non-hydrogen) atoms. The molecule has 0 aliphatic carbocycles. The minimum atomic E-state index is -3.90. The van der Waals surface area contributed by atoms with Gasteiger partial charge in [-0.25, -0.2) is 12.8 Å². The molecule has 1 N–H and O–H groups in total. The first-order valence-electron chi connectivity index (χ1n) is 8.34. The smallest absolute Gasteiger partial charge is 0.261 e. The van der Waals surface area contributed by atoms with E-state index in [9.17, 15) is 17.6 Å². The van der Waals surface area contributed by atoms with Crippen molar-refractivity contribution in [1.29, 1.82) is 0 Å². The van der Waals surface area contributed by atoms with Crippen LogP contribution in [0.4, 0.5) is 10.1 Å². The van der Waals surface area contributed by atoms with Crippen molar-refractivity contribution in [3.05, 3.63) is 53.3 Å². The summed E-state index contributed by atoms with van der Waals surface area (Å²) >= 11 is 6.11. The van der Waals surface area contributed by atoms with Crippen LogP contribution in [0.1, 0.15) is 12.8 Å². The van der Waals surface area contributed by atoms with Crippen LogP contribution in [-0.4, -0.2) is 38.9 Å². The molecule has 0 unspecified atom stereocenters. The van der Waals surface area contributed by atoms with Crippen molar-refractivity contribution in [3.63, 3.8) is 0 Å². The van der Waals surface area contributed by atoms with Crippen molar-refractivity contribution in [2.24, 2.45) is 0 Å². The Hall–Kier alpha value is -2.32. The molecule has 2 aromatic carbocycles. The molecule has 1 fully saturated rings.